The van der Waals surface area contributed by atoms with Crippen LogP contribution >= 0.6 is 11.6 Å². The SMILES string of the molecule is Cc1ccc(O)c(CN2CCO[C@@](COc3ccc(Cl)cc3)(CC(=O)N3CCOCC3)C2)c1. The first-order chi connectivity index (χ1) is 15.9. The van der Waals surface area contributed by atoms with Gasteiger partial charge < -0.3 is 24.2 Å². The van der Waals surface area contributed by atoms with Gasteiger partial charge in [-0.05, 0) is 37.3 Å². The molecule has 33 heavy (non-hydrogen) atoms. The minimum atomic E-state index is -0.799. The number of benzene rings is 2. The summed E-state index contributed by atoms with van der Waals surface area (Å²) in [5, 5.41) is 11.0. The highest BCUT2D eigenvalue weighted by atomic mass is 35.5. The van der Waals surface area contributed by atoms with Crippen molar-refractivity contribution in [2.75, 3.05) is 52.6 Å². The fraction of sp³-hybridized carbons (Fsp3) is 0.480. The van der Waals surface area contributed by atoms with Crippen molar-refractivity contribution in [1.29, 1.82) is 0 Å². The van der Waals surface area contributed by atoms with Gasteiger partial charge >= 0.3 is 0 Å². The number of morpholine rings is 2. The molecule has 2 aliphatic heterocycles. The van der Waals surface area contributed by atoms with Crippen LogP contribution in [-0.4, -0.2) is 79.0 Å². The third-order valence-electron chi connectivity index (χ3n) is 6.11. The summed E-state index contributed by atoms with van der Waals surface area (Å²) in [5.74, 6) is 0.993. The van der Waals surface area contributed by atoms with Crippen molar-refractivity contribution < 1.29 is 24.1 Å². The molecule has 2 aliphatic rings. The van der Waals surface area contributed by atoms with E-state index in [-0.39, 0.29) is 24.7 Å². The van der Waals surface area contributed by atoms with E-state index in [9.17, 15) is 9.90 Å². The number of halogens is 1. The molecule has 1 amide bonds. The zero-order valence-corrected chi connectivity index (χ0v) is 19.7. The molecule has 4 rings (SSSR count). The highest BCUT2D eigenvalue weighted by molar-refractivity contribution is 6.30. The molecular weight excluding hydrogens is 444 g/mol. The Bertz CT molecular complexity index is 948. The maximum absolute atomic E-state index is 13.2. The monoisotopic (exact) mass is 474 g/mol. The van der Waals surface area contributed by atoms with Crippen molar-refractivity contribution in [1.82, 2.24) is 9.80 Å². The average Bonchev–Trinajstić information content (AvgIpc) is 2.82. The first-order valence-corrected chi connectivity index (χ1v) is 11.7. The summed E-state index contributed by atoms with van der Waals surface area (Å²) in [6, 6.07) is 12.8. The van der Waals surface area contributed by atoms with Crippen LogP contribution in [0.25, 0.3) is 0 Å². The van der Waals surface area contributed by atoms with Gasteiger partial charge in [0.05, 0.1) is 26.2 Å². The summed E-state index contributed by atoms with van der Waals surface area (Å²) in [5.41, 5.74) is 1.16. The lowest BCUT2D eigenvalue weighted by Gasteiger charge is -2.43. The molecule has 2 aromatic carbocycles. The third-order valence-corrected chi connectivity index (χ3v) is 6.36. The Morgan fingerprint density at radius 1 is 1.12 bits per heavy atom. The van der Waals surface area contributed by atoms with E-state index in [4.69, 9.17) is 25.8 Å². The Morgan fingerprint density at radius 2 is 1.88 bits per heavy atom. The highest BCUT2D eigenvalue weighted by Crippen LogP contribution is 2.28. The Balaban J connectivity index is 1.50. The zero-order chi connectivity index (χ0) is 23.3. The molecule has 178 valence electrons. The number of carbonyl (C=O) groups is 1. The summed E-state index contributed by atoms with van der Waals surface area (Å²) in [4.78, 5) is 17.2. The number of carbonyl (C=O) groups excluding carboxylic acids is 1. The lowest BCUT2D eigenvalue weighted by atomic mass is 9.96. The molecule has 0 aromatic heterocycles. The number of hydrogen-bond acceptors (Lipinski definition) is 6. The van der Waals surface area contributed by atoms with Crippen molar-refractivity contribution in [2.24, 2.45) is 0 Å². The second kappa shape index (κ2) is 10.7. The molecule has 0 bridgehead atoms. The molecule has 2 heterocycles. The van der Waals surface area contributed by atoms with E-state index >= 15 is 0 Å². The fourth-order valence-corrected chi connectivity index (χ4v) is 4.46. The van der Waals surface area contributed by atoms with Crippen LogP contribution in [0.1, 0.15) is 17.5 Å². The van der Waals surface area contributed by atoms with Crippen LogP contribution in [0.4, 0.5) is 0 Å². The van der Waals surface area contributed by atoms with Crippen molar-refractivity contribution in [3.05, 3.63) is 58.6 Å². The van der Waals surface area contributed by atoms with Crippen LogP contribution in [-0.2, 0) is 20.8 Å². The number of aryl methyl sites for hydroxylation is 1. The van der Waals surface area contributed by atoms with Gasteiger partial charge in [0, 0.05) is 43.3 Å². The maximum Gasteiger partial charge on any atom is 0.225 e. The van der Waals surface area contributed by atoms with Crippen LogP contribution in [0.2, 0.25) is 5.02 Å². The second-order valence-corrected chi connectivity index (χ2v) is 9.22. The Labute approximate surface area is 199 Å². The number of amides is 1. The lowest BCUT2D eigenvalue weighted by molar-refractivity contribution is -0.159. The molecule has 0 radical (unpaired) electrons. The van der Waals surface area contributed by atoms with E-state index in [1.54, 1.807) is 18.2 Å². The standard InChI is InChI=1S/C25H31ClN2O5/c1-19-2-7-23(29)20(14-19)16-27-8-13-33-25(17-27,15-24(30)28-9-11-31-12-10-28)18-32-22-5-3-21(26)4-6-22/h2-7,14,29H,8-13,15-18H2,1H3/t25-/m0/s1. The smallest absolute Gasteiger partial charge is 0.225 e. The van der Waals surface area contributed by atoms with Gasteiger partial charge in [-0.3, -0.25) is 9.69 Å². The van der Waals surface area contributed by atoms with Gasteiger partial charge in [0.2, 0.25) is 5.91 Å². The molecule has 7 nitrogen and oxygen atoms in total. The molecule has 8 heteroatoms. The van der Waals surface area contributed by atoms with Crippen molar-refractivity contribution in [3.8, 4) is 11.5 Å². The highest BCUT2D eigenvalue weighted by Gasteiger charge is 2.41. The van der Waals surface area contributed by atoms with Gasteiger partial charge in [-0.15, -0.1) is 0 Å². The summed E-state index contributed by atoms with van der Waals surface area (Å²) >= 11 is 5.99. The molecule has 1 atom stereocenters. The first-order valence-electron chi connectivity index (χ1n) is 11.3. The third kappa shape index (κ3) is 6.38. The van der Waals surface area contributed by atoms with Gasteiger partial charge in [0.15, 0.2) is 0 Å². The molecular formula is C25H31ClN2O5. The summed E-state index contributed by atoms with van der Waals surface area (Å²) in [6.07, 6.45) is 0.219. The largest absolute Gasteiger partial charge is 0.508 e. The van der Waals surface area contributed by atoms with Crippen LogP contribution in [0.3, 0.4) is 0 Å². The van der Waals surface area contributed by atoms with Crippen molar-refractivity contribution in [3.63, 3.8) is 0 Å². The van der Waals surface area contributed by atoms with Gasteiger partial charge in [-0.2, -0.15) is 0 Å². The molecule has 2 aromatic rings. The number of aromatic hydroxyl groups is 1. The normalized spacial score (nSPS) is 21.7. The number of phenols is 1. The second-order valence-electron chi connectivity index (χ2n) is 8.79. The van der Waals surface area contributed by atoms with E-state index in [1.165, 1.54) is 0 Å². The van der Waals surface area contributed by atoms with E-state index in [0.717, 1.165) is 11.1 Å². The van der Waals surface area contributed by atoms with Gasteiger partial charge in [0.1, 0.15) is 23.7 Å². The van der Waals surface area contributed by atoms with Gasteiger partial charge in [-0.25, -0.2) is 0 Å². The summed E-state index contributed by atoms with van der Waals surface area (Å²) < 4.78 is 17.7. The predicted molar refractivity (Wildman–Crippen MR) is 126 cm³/mol. The van der Waals surface area contributed by atoms with Crippen LogP contribution in [0.15, 0.2) is 42.5 Å². The minimum absolute atomic E-state index is 0.0401. The number of nitrogens with zero attached hydrogens (tertiary/aromatic N) is 2. The molecule has 0 aliphatic carbocycles. The molecule has 0 unspecified atom stereocenters. The maximum atomic E-state index is 13.2. The minimum Gasteiger partial charge on any atom is -0.508 e. The number of hydrogen-bond donors (Lipinski definition) is 1. The topological polar surface area (TPSA) is 71.5 Å². The van der Waals surface area contributed by atoms with Gasteiger partial charge in [-0.1, -0.05) is 29.3 Å². The Kier molecular flexibility index (Phi) is 7.75. The quantitative estimate of drug-likeness (QED) is 0.664. The van der Waals surface area contributed by atoms with E-state index in [0.29, 0.717) is 63.3 Å². The Hall–Kier alpha value is -2.32. The molecule has 2 fully saturated rings. The Morgan fingerprint density at radius 3 is 2.64 bits per heavy atom. The van der Waals surface area contributed by atoms with Crippen molar-refractivity contribution >= 4 is 17.5 Å². The fourth-order valence-electron chi connectivity index (χ4n) is 4.33. The number of rotatable bonds is 7. The van der Waals surface area contributed by atoms with E-state index in [2.05, 4.69) is 4.90 Å². The lowest BCUT2D eigenvalue weighted by Crippen LogP contribution is -2.57. The summed E-state index contributed by atoms with van der Waals surface area (Å²) in [6.45, 7) is 6.82. The predicted octanol–water partition coefficient (Wildman–Crippen LogP) is 3.25. The van der Waals surface area contributed by atoms with E-state index < -0.39 is 5.60 Å². The average molecular weight is 475 g/mol. The number of phenolic OH excluding ortho intramolecular Hbond substituents is 1. The number of ether oxygens (including phenoxy) is 3. The van der Waals surface area contributed by atoms with Crippen molar-refractivity contribution in [2.45, 2.75) is 25.5 Å². The zero-order valence-electron chi connectivity index (χ0n) is 19.0. The van der Waals surface area contributed by atoms with Crippen LogP contribution in [0.5, 0.6) is 11.5 Å². The molecule has 0 saturated carbocycles. The van der Waals surface area contributed by atoms with Crippen LogP contribution in [0, 0.1) is 6.92 Å². The molecule has 1 N–H and O–H groups in total. The van der Waals surface area contributed by atoms with E-state index in [1.807, 2.05) is 36.1 Å². The van der Waals surface area contributed by atoms with Gasteiger partial charge in [0.25, 0.3) is 0 Å². The summed E-state index contributed by atoms with van der Waals surface area (Å²) in [7, 11) is 0. The van der Waals surface area contributed by atoms with Crippen LogP contribution < -0.4 is 4.74 Å². The molecule has 2 saturated heterocycles. The molecule has 0 spiro atoms. The first kappa shape index (κ1) is 23.8.